The monoisotopic (exact) mass is 213 g/mol. The first-order valence-corrected chi connectivity index (χ1v) is 5.26. The maximum absolute atomic E-state index is 11.5. The highest BCUT2D eigenvalue weighted by Gasteiger charge is 2.14. The number of thiazole rings is 1. The zero-order chi connectivity index (χ0) is 10.8. The summed E-state index contributed by atoms with van der Waals surface area (Å²) in [4.78, 5) is 15.4. The fourth-order valence-electron chi connectivity index (χ4n) is 0.828. The van der Waals surface area contributed by atoms with Crippen molar-refractivity contribution in [2.24, 2.45) is 5.41 Å². The van der Waals surface area contributed by atoms with Crippen molar-refractivity contribution in [2.75, 3.05) is 12.3 Å². The van der Waals surface area contributed by atoms with Crippen molar-refractivity contribution in [1.82, 2.24) is 10.3 Å². The largest absolute Gasteiger partial charge is 0.375 e. The van der Waals surface area contributed by atoms with Crippen molar-refractivity contribution in [2.45, 2.75) is 20.8 Å². The molecule has 14 heavy (non-hydrogen) atoms. The molecule has 78 valence electrons. The van der Waals surface area contributed by atoms with Gasteiger partial charge in [-0.1, -0.05) is 20.8 Å². The number of nitrogens with zero attached hydrogens (tertiary/aromatic N) is 1. The van der Waals surface area contributed by atoms with Crippen molar-refractivity contribution in [3.8, 4) is 0 Å². The molecule has 0 saturated carbocycles. The van der Waals surface area contributed by atoms with Gasteiger partial charge in [0.25, 0.3) is 5.91 Å². The maximum atomic E-state index is 11.5. The molecular weight excluding hydrogens is 198 g/mol. The number of nitrogens with one attached hydrogen (secondary N) is 1. The molecule has 0 aliphatic rings. The highest BCUT2D eigenvalue weighted by atomic mass is 32.1. The molecule has 0 aliphatic heterocycles. The average molecular weight is 213 g/mol. The summed E-state index contributed by atoms with van der Waals surface area (Å²) in [6, 6.07) is 0. The van der Waals surface area contributed by atoms with E-state index in [0.717, 1.165) is 0 Å². The van der Waals surface area contributed by atoms with E-state index < -0.39 is 0 Å². The Kier molecular flexibility index (Phi) is 3.10. The molecule has 1 aromatic heterocycles. The van der Waals surface area contributed by atoms with E-state index in [1.165, 1.54) is 11.3 Å². The number of amides is 1. The molecule has 0 fully saturated rings. The van der Waals surface area contributed by atoms with Gasteiger partial charge >= 0.3 is 0 Å². The SMILES string of the molecule is CC(C)(C)CNC(=O)c1csc(N)n1. The Morgan fingerprint density at radius 3 is 2.71 bits per heavy atom. The molecule has 1 heterocycles. The lowest BCUT2D eigenvalue weighted by molar-refractivity contribution is 0.0935. The second kappa shape index (κ2) is 3.96. The zero-order valence-electron chi connectivity index (χ0n) is 8.63. The number of aromatic nitrogens is 1. The average Bonchev–Trinajstić information content (AvgIpc) is 2.46. The maximum Gasteiger partial charge on any atom is 0.270 e. The van der Waals surface area contributed by atoms with Crippen LogP contribution in [0, 0.1) is 5.41 Å². The molecule has 1 amide bonds. The van der Waals surface area contributed by atoms with Crippen LogP contribution in [0.3, 0.4) is 0 Å². The number of hydrogen-bond acceptors (Lipinski definition) is 4. The Morgan fingerprint density at radius 2 is 2.29 bits per heavy atom. The van der Waals surface area contributed by atoms with Gasteiger partial charge in [0.15, 0.2) is 5.13 Å². The molecule has 0 saturated heterocycles. The third kappa shape index (κ3) is 3.33. The molecular formula is C9H15N3OS. The Labute approximate surface area is 87.5 Å². The minimum atomic E-state index is -0.159. The summed E-state index contributed by atoms with van der Waals surface area (Å²) < 4.78 is 0. The van der Waals surface area contributed by atoms with Crippen LogP contribution >= 0.6 is 11.3 Å². The van der Waals surface area contributed by atoms with Gasteiger partial charge < -0.3 is 11.1 Å². The summed E-state index contributed by atoms with van der Waals surface area (Å²) in [5, 5.41) is 4.88. The summed E-state index contributed by atoms with van der Waals surface area (Å²) in [6.07, 6.45) is 0. The summed E-state index contributed by atoms with van der Waals surface area (Å²) in [6.45, 7) is 6.80. The molecule has 4 nitrogen and oxygen atoms in total. The molecule has 5 heteroatoms. The Balaban J connectivity index is 2.52. The molecule has 1 rings (SSSR count). The highest BCUT2D eigenvalue weighted by Crippen LogP contribution is 2.13. The minimum Gasteiger partial charge on any atom is -0.375 e. The van der Waals surface area contributed by atoms with Crippen molar-refractivity contribution in [3.05, 3.63) is 11.1 Å². The van der Waals surface area contributed by atoms with Crippen molar-refractivity contribution in [1.29, 1.82) is 0 Å². The van der Waals surface area contributed by atoms with Crippen LogP contribution in [0.15, 0.2) is 5.38 Å². The van der Waals surface area contributed by atoms with Crippen LogP contribution in [0.2, 0.25) is 0 Å². The normalized spacial score (nSPS) is 11.4. The van der Waals surface area contributed by atoms with E-state index in [2.05, 4.69) is 31.1 Å². The van der Waals surface area contributed by atoms with E-state index in [1.807, 2.05) is 0 Å². The molecule has 0 bridgehead atoms. The number of carbonyl (C=O) groups is 1. The summed E-state index contributed by atoms with van der Waals surface area (Å²) in [5.41, 5.74) is 5.91. The second-order valence-corrected chi connectivity index (χ2v) is 5.20. The summed E-state index contributed by atoms with van der Waals surface area (Å²) >= 11 is 1.27. The van der Waals surface area contributed by atoms with Crippen molar-refractivity contribution >= 4 is 22.4 Å². The standard InChI is InChI=1S/C9H15N3OS/c1-9(2,3)5-11-7(13)6-4-14-8(10)12-6/h4H,5H2,1-3H3,(H2,10,12)(H,11,13). The number of nitrogen functional groups attached to an aromatic ring is 1. The highest BCUT2D eigenvalue weighted by molar-refractivity contribution is 7.13. The van der Waals surface area contributed by atoms with Crippen LogP contribution in [0.25, 0.3) is 0 Å². The second-order valence-electron chi connectivity index (χ2n) is 4.31. The van der Waals surface area contributed by atoms with Gasteiger partial charge in [0.05, 0.1) is 0 Å². The number of hydrogen-bond donors (Lipinski definition) is 2. The Morgan fingerprint density at radius 1 is 1.64 bits per heavy atom. The topological polar surface area (TPSA) is 68.0 Å². The first-order chi connectivity index (χ1) is 6.38. The van der Waals surface area contributed by atoms with Crippen molar-refractivity contribution in [3.63, 3.8) is 0 Å². The van der Waals surface area contributed by atoms with Crippen LogP contribution in [0.1, 0.15) is 31.3 Å². The van der Waals surface area contributed by atoms with Crippen LogP contribution in [0.5, 0.6) is 0 Å². The number of anilines is 1. The third-order valence-electron chi connectivity index (χ3n) is 1.53. The zero-order valence-corrected chi connectivity index (χ0v) is 9.44. The van der Waals surface area contributed by atoms with E-state index in [0.29, 0.717) is 17.4 Å². The predicted molar refractivity (Wildman–Crippen MR) is 58.3 cm³/mol. The fraction of sp³-hybridized carbons (Fsp3) is 0.556. The van der Waals surface area contributed by atoms with Crippen LogP contribution in [0.4, 0.5) is 5.13 Å². The van der Waals surface area contributed by atoms with E-state index >= 15 is 0 Å². The minimum absolute atomic E-state index is 0.0806. The lowest BCUT2D eigenvalue weighted by atomic mass is 9.97. The van der Waals surface area contributed by atoms with Gasteiger partial charge in [0.1, 0.15) is 5.69 Å². The van der Waals surface area contributed by atoms with E-state index in [1.54, 1.807) is 5.38 Å². The van der Waals surface area contributed by atoms with E-state index in [4.69, 9.17) is 5.73 Å². The molecule has 0 aliphatic carbocycles. The quantitative estimate of drug-likeness (QED) is 0.782. The van der Waals surface area contributed by atoms with Gasteiger partial charge in [-0.25, -0.2) is 4.98 Å². The molecule has 0 aromatic carbocycles. The van der Waals surface area contributed by atoms with Gasteiger partial charge in [0, 0.05) is 11.9 Å². The van der Waals surface area contributed by atoms with Gasteiger partial charge in [-0.15, -0.1) is 11.3 Å². The molecule has 0 unspecified atom stereocenters. The lowest BCUT2D eigenvalue weighted by Gasteiger charge is -2.17. The van der Waals surface area contributed by atoms with E-state index in [9.17, 15) is 4.79 Å². The Hall–Kier alpha value is -1.10. The number of nitrogens with two attached hydrogens (primary N) is 1. The van der Waals surface area contributed by atoms with Crippen LogP contribution in [-0.2, 0) is 0 Å². The molecule has 0 atom stereocenters. The lowest BCUT2D eigenvalue weighted by Crippen LogP contribution is -2.32. The van der Waals surface area contributed by atoms with E-state index in [-0.39, 0.29) is 11.3 Å². The smallest absolute Gasteiger partial charge is 0.270 e. The van der Waals surface area contributed by atoms with Gasteiger partial charge in [-0.2, -0.15) is 0 Å². The summed E-state index contributed by atoms with van der Waals surface area (Å²) in [5.74, 6) is -0.159. The molecule has 0 radical (unpaired) electrons. The first-order valence-electron chi connectivity index (χ1n) is 4.38. The fourth-order valence-corrected chi connectivity index (χ4v) is 1.37. The predicted octanol–water partition coefficient (Wildman–Crippen LogP) is 1.50. The number of carbonyl (C=O) groups excluding carboxylic acids is 1. The number of rotatable bonds is 2. The molecule has 3 N–H and O–H groups in total. The Bertz CT molecular complexity index is 327. The first kappa shape index (κ1) is 11.0. The van der Waals surface area contributed by atoms with Crippen molar-refractivity contribution < 1.29 is 4.79 Å². The molecule has 1 aromatic rings. The van der Waals surface area contributed by atoms with Gasteiger partial charge in [-0.05, 0) is 5.41 Å². The van der Waals surface area contributed by atoms with Crippen LogP contribution < -0.4 is 11.1 Å². The third-order valence-corrected chi connectivity index (χ3v) is 2.21. The van der Waals surface area contributed by atoms with Crippen LogP contribution in [-0.4, -0.2) is 17.4 Å². The molecule has 0 spiro atoms. The van der Waals surface area contributed by atoms with Gasteiger partial charge in [-0.3, -0.25) is 4.79 Å². The van der Waals surface area contributed by atoms with Gasteiger partial charge in [0.2, 0.25) is 0 Å². The summed E-state index contributed by atoms with van der Waals surface area (Å²) in [7, 11) is 0.